The van der Waals surface area contributed by atoms with Crippen LogP contribution >= 0.6 is 0 Å². The summed E-state index contributed by atoms with van der Waals surface area (Å²) in [5.74, 6) is 1.32. The van der Waals surface area contributed by atoms with Gasteiger partial charge in [0.15, 0.2) is 0 Å². The normalized spacial score (nSPS) is 12.2. The molecule has 12 aromatic carbocycles. The van der Waals surface area contributed by atoms with Gasteiger partial charge in [-0.3, -0.25) is 0 Å². The molecule has 0 radical (unpaired) electrons. The maximum Gasteiger partial charge on any atom is 2.00 e. The van der Waals surface area contributed by atoms with E-state index in [9.17, 15) is 0 Å². The van der Waals surface area contributed by atoms with E-state index < -0.39 is 0 Å². The number of rotatable bonds is 8. The molecule has 5 heteroatoms. The van der Waals surface area contributed by atoms with Crippen LogP contribution in [0.4, 0.5) is 0 Å². The van der Waals surface area contributed by atoms with Gasteiger partial charge in [-0.25, -0.2) is 9.97 Å². The Morgan fingerprint density at radius 1 is 0.237 bits per heavy atom. The zero-order valence-electron chi connectivity index (χ0n) is 53.5. The van der Waals surface area contributed by atoms with Crippen molar-refractivity contribution < 1.29 is 21.1 Å². The van der Waals surface area contributed by atoms with Crippen LogP contribution in [0.3, 0.4) is 0 Å². The predicted octanol–water partition coefficient (Wildman–Crippen LogP) is 24.3. The zero-order valence-corrected chi connectivity index (χ0v) is 55.8. The van der Waals surface area contributed by atoms with Crippen LogP contribution in [0.25, 0.3) is 176 Å². The van der Waals surface area contributed by atoms with Crippen molar-refractivity contribution in [2.75, 3.05) is 0 Å². The number of benzene rings is 12. The minimum absolute atomic E-state index is 0. The number of hydrogen-bond acceptors (Lipinski definition) is 2. The summed E-state index contributed by atoms with van der Waals surface area (Å²) in [7, 11) is 0. The van der Waals surface area contributed by atoms with Crippen molar-refractivity contribution >= 4 is 86.7 Å². The van der Waals surface area contributed by atoms with Gasteiger partial charge in [0.05, 0.1) is 22.8 Å². The fraction of sp³-hybridized carbons (Fsp3) is 0.136. The van der Waals surface area contributed by atoms with Gasteiger partial charge in [-0.15, -0.1) is 22.1 Å². The average molecular weight is 1380 g/mol. The predicted molar refractivity (Wildman–Crippen MR) is 391 cm³/mol. The smallest absolute Gasteiger partial charge is 0.656 e. The Morgan fingerprint density at radius 3 is 0.602 bits per heavy atom. The minimum atomic E-state index is 0. The van der Waals surface area contributed by atoms with Gasteiger partial charge in [-0.2, -0.15) is 0 Å². The van der Waals surface area contributed by atoms with E-state index in [2.05, 4.69) is 298 Å². The summed E-state index contributed by atoms with van der Waals surface area (Å²) in [6.07, 6.45) is 0. The van der Waals surface area contributed by atoms with Crippen molar-refractivity contribution in [3.05, 3.63) is 265 Å². The van der Waals surface area contributed by atoms with Crippen LogP contribution in [0.2, 0.25) is 0 Å². The number of nitrogens with zero attached hydrogens (tertiary/aromatic N) is 4. The second-order valence-corrected chi connectivity index (χ2v) is 26.8. The number of hydrogen-bond donors (Lipinski definition) is 0. The van der Waals surface area contributed by atoms with E-state index in [0.717, 1.165) is 176 Å². The molecular weight excluding hydrogens is 1310 g/mol. The molecule has 0 fully saturated rings. The average Bonchev–Trinajstić information content (AvgIpc) is 1.56. The molecule has 0 amide bonds. The molecule has 0 spiro atoms. The van der Waals surface area contributed by atoms with Gasteiger partial charge in [-0.05, 0) is 204 Å². The van der Waals surface area contributed by atoms with Crippen molar-refractivity contribution in [2.24, 2.45) is 0 Å². The van der Waals surface area contributed by atoms with E-state index in [4.69, 9.17) is 19.9 Å². The van der Waals surface area contributed by atoms with Gasteiger partial charge < -0.3 is 9.97 Å². The largest absolute Gasteiger partial charge is 2.00 e. The SMILES string of the molecule is CC(C)c1ccc(-c2c3nc(c(-c4ccc(C(C)C)cc4)c4[n-]c(c(-c5ccc(C(C)C)cc5)c5nc(c(-c6ccc(C(C)C)cc6)c6[n-]c2c2cc7ccccc7cc62)-c2cc6ccccc6cc2-5)c2cc5ccccc5cc42)-c2cc4ccccc4cc2-3)cc1.[Pt+2]. The summed E-state index contributed by atoms with van der Waals surface area (Å²) >= 11 is 0. The first-order valence-electron chi connectivity index (χ1n) is 32.8. The first-order valence-corrected chi connectivity index (χ1v) is 32.8. The number of fused-ring (bicyclic) bond motifs is 4. The first kappa shape index (κ1) is 58.1. The Bertz CT molecular complexity index is 5030. The van der Waals surface area contributed by atoms with Crippen LogP contribution in [0.5, 0.6) is 0 Å². The second-order valence-electron chi connectivity index (χ2n) is 26.8. The van der Waals surface area contributed by atoms with Crippen LogP contribution in [-0.2, 0) is 21.1 Å². The molecule has 3 aliphatic rings. The molecule has 0 N–H and O–H groups in total. The molecule has 4 heterocycles. The Balaban J connectivity index is 0.00000686. The molecule has 0 saturated heterocycles. The van der Waals surface area contributed by atoms with Gasteiger partial charge in [-0.1, -0.05) is 250 Å². The molecule has 2 aliphatic heterocycles. The van der Waals surface area contributed by atoms with E-state index in [1.165, 1.54) is 22.3 Å². The van der Waals surface area contributed by atoms with E-state index in [-0.39, 0.29) is 21.1 Å². The van der Waals surface area contributed by atoms with Crippen LogP contribution in [-0.4, -0.2) is 9.97 Å². The summed E-state index contributed by atoms with van der Waals surface area (Å²) in [5, 5.41) is 13.3. The molecule has 93 heavy (non-hydrogen) atoms. The fourth-order valence-corrected chi connectivity index (χ4v) is 14.7. The van der Waals surface area contributed by atoms with Gasteiger partial charge in [0.2, 0.25) is 0 Å². The van der Waals surface area contributed by atoms with Gasteiger partial charge >= 0.3 is 21.1 Å². The number of aromatic nitrogens is 4. The molecule has 0 atom stereocenters. The van der Waals surface area contributed by atoms with Gasteiger partial charge in [0, 0.05) is 22.3 Å². The third-order valence-corrected chi connectivity index (χ3v) is 19.8. The van der Waals surface area contributed by atoms with Crippen molar-refractivity contribution in [3.63, 3.8) is 0 Å². The molecule has 450 valence electrons. The van der Waals surface area contributed by atoms with Crippen molar-refractivity contribution in [3.8, 4) is 89.5 Å². The summed E-state index contributed by atoms with van der Waals surface area (Å²) in [6.45, 7) is 18.2. The topological polar surface area (TPSA) is 54.0 Å². The maximum absolute atomic E-state index is 6.29. The Morgan fingerprint density at radius 2 is 0.419 bits per heavy atom. The second kappa shape index (κ2) is 22.7. The quantitative estimate of drug-likeness (QED) is 0.152. The Hall–Kier alpha value is -9.99. The van der Waals surface area contributed by atoms with Gasteiger partial charge in [0.1, 0.15) is 0 Å². The van der Waals surface area contributed by atoms with E-state index in [0.29, 0.717) is 23.7 Å². The van der Waals surface area contributed by atoms with Gasteiger partial charge in [0.25, 0.3) is 0 Å². The maximum atomic E-state index is 6.29. The Kier molecular flexibility index (Phi) is 14.2. The molecule has 14 aromatic rings. The molecule has 0 saturated carbocycles. The monoisotopic (exact) mass is 1380 g/mol. The summed E-state index contributed by atoms with van der Waals surface area (Å²) in [5.41, 5.74) is 24.2. The molecule has 0 unspecified atom stereocenters. The third kappa shape index (κ3) is 9.59. The molecule has 17 rings (SSSR count). The molecule has 8 bridgehead atoms. The van der Waals surface area contributed by atoms with Crippen LogP contribution in [0, 0.1) is 0 Å². The van der Waals surface area contributed by atoms with Crippen LogP contribution in [0.1, 0.15) is 101 Å². The Labute approximate surface area is 557 Å². The first-order chi connectivity index (χ1) is 44.9. The van der Waals surface area contributed by atoms with Crippen LogP contribution in [0.15, 0.2) is 243 Å². The van der Waals surface area contributed by atoms with Crippen molar-refractivity contribution in [1.82, 2.24) is 19.9 Å². The van der Waals surface area contributed by atoms with Crippen molar-refractivity contribution in [1.29, 1.82) is 0 Å². The van der Waals surface area contributed by atoms with E-state index in [1.54, 1.807) is 0 Å². The van der Waals surface area contributed by atoms with E-state index >= 15 is 0 Å². The molecule has 2 aromatic heterocycles. The van der Waals surface area contributed by atoms with E-state index in [1.807, 2.05) is 0 Å². The van der Waals surface area contributed by atoms with Crippen molar-refractivity contribution in [2.45, 2.75) is 79.1 Å². The third-order valence-electron chi connectivity index (χ3n) is 19.8. The molecule has 1 aliphatic carbocycles. The summed E-state index contributed by atoms with van der Waals surface area (Å²) in [6, 6.07) is 91.1. The fourth-order valence-electron chi connectivity index (χ4n) is 14.7. The zero-order chi connectivity index (χ0) is 62.2. The molecule has 4 nitrogen and oxygen atoms in total. The standard InChI is InChI=1S/C88H68N4.Pt/c1-49(2)53-25-33-57(34-26-53)77-81-69-41-61-17-9-11-19-63(61)43-71(69)83(89-81)78(58-35-27-54(28-36-58)50(3)4)85-73-45-65-21-13-15-23-67(65)47-75(73)87(91-85)80(60-39-31-56(32-40-60)52(7)8)88-76-48-68-24-16-14-22-66(68)46-74(76)86(92-88)79(59-37-29-55(30-38-59)51(5)6)84-72-44-64-20-12-10-18-62(64)42-70(72)82(77)90-84;/h9-52H,1-8H3;/q-2;+2. The summed E-state index contributed by atoms with van der Waals surface area (Å²) < 4.78 is 0. The minimum Gasteiger partial charge on any atom is -0.656 e. The van der Waals surface area contributed by atoms with Crippen LogP contribution < -0.4 is 9.97 Å². The summed E-state index contributed by atoms with van der Waals surface area (Å²) in [4.78, 5) is 25.2. The molecular formula is C88H68N4Pt.